The van der Waals surface area contributed by atoms with Crippen LogP contribution in [0.4, 0.5) is 0 Å². The highest BCUT2D eigenvalue weighted by Crippen LogP contribution is 2.37. The van der Waals surface area contributed by atoms with Crippen LogP contribution in [-0.4, -0.2) is 37.4 Å². The Morgan fingerprint density at radius 1 is 0.810 bits per heavy atom. The van der Waals surface area contributed by atoms with Crippen LogP contribution in [-0.2, 0) is 10.8 Å². The summed E-state index contributed by atoms with van der Waals surface area (Å²) >= 11 is 0. The highest BCUT2D eigenvalue weighted by atomic mass is 16.5. The lowest BCUT2D eigenvalue weighted by molar-refractivity contribution is 0.0885. The lowest BCUT2D eigenvalue weighted by Gasteiger charge is -2.35. The first-order chi connectivity index (χ1) is 19.7. The SMILES string of the molecule is CNC1CC(Oc2ccc3cc(C(C)(C)CCC(C)(C)NCC(C)Oc4ccc5cc(C(C)(C)C)oc5c4)oc3c2)C1. The van der Waals surface area contributed by atoms with Crippen molar-refractivity contribution in [1.29, 1.82) is 0 Å². The minimum atomic E-state index is -0.0978. The van der Waals surface area contributed by atoms with E-state index in [4.69, 9.17) is 18.3 Å². The number of ether oxygens (including phenoxy) is 2. The van der Waals surface area contributed by atoms with Gasteiger partial charge in [0.1, 0.15) is 46.4 Å². The van der Waals surface area contributed by atoms with Gasteiger partial charge in [0.15, 0.2) is 0 Å². The highest BCUT2D eigenvalue weighted by Gasteiger charge is 2.31. The summed E-state index contributed by atoms with van der Waals surface area (Å²) in [5.74, 6) is 3.73. The molecule has 0 radical (unpaired) electrons. The second kappa shape index (κ2) is 11.6. The molecule has 2 heterocycles. The lowest BCUT2D eigenvalue weighted by atomic mass is 9.81. The molecule has 1 saturated carbocycles. The average Bonchev–Trinajstić information content (AvgIpc) is 3.53. The van der Waals surface area contributed by atoms with Crippen molar-refractivity contribution in [1.82, 2.24) is 10.6 Å². The first-order valence-electron chi connectivity index (χ1n) is 15.5. The van der Waals surface area contributed by atoms with Gasteiger partial charge in [0.2, 0.25) is 0 Å². The fourth-order valence-electron chi connectivity index (χ4n) is 5.49. The average molecular weight is 575 g/mol. The molecule has 4 aromatic rings. The van der Waals surface area contributed by atoms with E-state index in [0.717, 1.165) is 77.2 Å². The van der Waals surface area contributed by atoms with Crippen LogP contribution in [0.2, 0.25) is 0 Å². The third-order valence-corrected chi connectivity index (χ3v) is 8.78. The molecule has 2 aromatic heterocycles. The van der Waals surface area contributed by atoms with Crippen LogP contribution >= 0.6 is 0 Å². The molecule has 0 bridgehead atoms. The van der Waals surface area contributed by atoms with Crippen LogP contribution < -0.4 is 20.1 Å². The zero-order valence-corrected chi connectivity index (χ0v) is 27.0. The van der Waals surface area contributed by atoms with Crippen molar-refractivity contribution in [2.24, 2.45) is 0 Å². The lowest BCUT2D eigenvalue weighted by Crippen LogP contribution is -2.45. The van der Waals surface area contributed by atoms with Crippen LogP contribution in [0.3, 0.4) is 0 Å². The monoisotopic (exact) mass is 574 g/mol. The highest BCUT2D eigenvalue weighted by molar-refractivity contribution is 5.80. The second-order valence-corrected chi connectivity index (χ2v) is 14.6. The van der Waals surface area contributed by atoms with Crippen LogP contribution in [0.1, 0.15) is 92.6 Å². The van der Waals surface area contributed by atoms with Gasteiger partial charge in [-0.1, -0.05) is 34.6 Å². The Kier molecular flexibility index (Phi) is 8.43. The summed E-state index contributed by atoms with van der Waals surface area (Å²) in [4.78, 5) is 0. The molecule has 2 N–H and O–H groups in total. The number of benzene rings is 2. The number of hydrogen-bond acceptors (Lipinski definition) is 6. The zero-order chi connectivity index (χ0) is 30.3. The van der Waals surface area contributed by atoms with E-state index in [1.807, 2.05) is 25.2 Å². The van der Waals surface area contributed by atoms with Crippen LogP contribution in [0, 0.1) is 0 Å². The maximum Gasteiger partial charge on any atom is 0.137 e. The van der Waals surface area contributed by atoms with E-state index >= 15 is 0 Å². The van der Waals surface area contributed by atoms with Crippen molar-refractivity contribution in [2.75, 3.05) is 13.6 Å². The van der Waals surface area contributed by atoms with Crippen molar-refractivity contribution in [2.45, 2.75) is 116 Å². The summed E-state index contributed by atoms with van der Waals surface area (Å²) in [7, 11) is 2.01. The van der Waals surface area contributed by atoms with Gasteiger partial charge in [-0.25, -0.2) is 0 Å². The Balaban J connectivity index is 1.13. The number of rotatable bonds is 12. The van der Waals surface area contributed by atoms with Gasteiger partial charge in [-0.2, -0.15) is 0 Å². The summed E-state index contributed by atoms with van der Waals surface area (Å²) in [6.45, 7) is 18.4. The first-order valence-corrected chi connectivity index (χ1v) is 15.5. The molecule has 6 nitrogen and oxygen atoms in total. The van der Waals surface area contributed by atoms with Gasteiger partial charge in [-0.15, -0.1) is 0 Å². The van der Waals surface area contributed by atoms with Gasteiger partial charge in [-0.3, -0.25) is 0 Å². The third kappa shape index (κ3) is 7.15. The standard InChI is InChI=1S/C36H50N2O4/c1-23(39-27-12-10-24-16-32(34(2,3)4)41-30(24)20-27)22-38-36(7,8)15-14-35(5,6)33-17-25-11-13-28(21-31(25)42-33)40-29-18-26(19-29)37-9/h10-13,16-17,20-21,23,26,29,37-38H,14-15,18-19,22H2,1-9H3. The summed E-state index contributed by atoms with van der Waals surface area (Å²) in [5, 5.41) is 9.28. The molecule has 42 heavy (non-hydrogen) atoms. The molecule has 0 saturated heterocycles. The minimum absolute atomic E-state index is 0.0163. The molecule has 6 heteroatoms. The molecular formula is C36H50N2O4. The van der Waals surface area contributed by atoms with Crippen LogP contribution in [0.15, 0.2) is 57.4 Å². The summed E-state index contributed by atoms with van der Waals surface area (Å²) in [5.41, 5.74) is 1.59. The van der Waals surface area contributed by atoms with Crippen molar-refractivity contribution in [3.63, 3.8) is 0 Å². The summed E-state index contributed by atoms with van der Waals surface area (Å²) in [6, 6.07) is 17.2. The van der Waals surface area contributed by atoms with Gasteiger partial charge in [0.05, 0.1) is 0 Å². The molecule has 0 spiro atoms. The third-order valence-electron chi connectivity index (χ3n) is 8.78. The largest absolute Gasteiger partial charge is 0.490 e. The van der Waals surface area contributed by atoms with Crippen LogP contribution in [0.5, 0.6) is 11.5 Å². The fourth-order valence-corrected chi connectivity index (χ4v) is 5.49. The molecule has 0 aliphatic heterocycles. The number of fused-ring (bicyclic) bond motifs is 2. The minimum Gasteiger partial charge on any atom is -0.490 e. The fraction of sp³-hybridized carbons (Fsp3) is 0.556. The quantitative estimate of drug-likeness (QED) is 0.177. The molecule has 228 valence electrons. The van der Waals surface area contributed by atoms with Crippen molar-refractivity contribution in [3.8, 4) is 11.5 Å². The van der Waals surface area contributed by atoms with Crippen molar-refractivity contribution >= 4 is 21.9 Å². The molecule has 2 aromatic carbocycles. The molecule has 1 unspecified atom stereocenters. The van der Waals surface area contributed by atoms with Crippen molar-refractivity contribution in [3.05, 3.63) is 60.1 Å². The van der Waals surface area contributed by atoms with E-state index in [9.17, 15) is 0 Å². The number of hydrogen-bond donors (Lipinski definition) is 2. The Morgan fingerprint density at radius 3 is 2.05 bits per heavy atom. The Morgan fingerprint density at radius 2 is 1.40 bits per heavy atom. The van der Waals surface area contributed by atoms with E-state index in [1.165, 1.54) is 0 Å². The Hall–Kier alpha value is -2.96. The van der Waals surface area contributed by atoms with Crippen LogP contribution in [0.25, 0.3) is 21.9 Å². The maximum atomic E-state index is 6.39. The summed E-state index contributed by atoms with van der Waals surface area (Å²) in [6.07, 6.45) is 4.40. The molecule has 1 aliphatic carbocycles. The predicted molar refractivity (Wildman–Crippen MR) is 172 cm³/mol. The Labute approximate surface area is 251 Å². The van der Waals surface area contributed by atoms with E-state index in [2.05, 4.69) is 96.4 Å². The zero-order valence-electron chi connectivity index (χ0n) is 27.0. The van der Waals surface area contributed by atoms with Gasteiger partial charge in [0, 0.05) is 51.9 Å². The van der Waals surface area contributed by atoms with Gasteiger partial charge in [-0.05, 0) is 89.9 Å². The molecule has 1 fully saturated rings. The normalized spacial score (nSPS) is 18.8. The molecular weight excluding hydrogens is 524 g/mol. The second-order valence-electron chi connectivity index (χ2n) is 14.6. The predicted octanol–water partition coefficient (Wildman–Crippen LogP) is 8.50. The molecule has 0 amide bonds. The van der Waals surface area contributed by atoms with Gasteiger partial charge in [0.25, 0.3) is 0 Å². The maximum absolute atomic E-state index is 6.39. The van der Waals surface area contributed by atoms with Gasteiger partial charge >= 0.3 is 0 Å². The molecule has 1 atom stereocenters. The molecule has 5 rings (SSSR count). The van der Waals surface area contributed by atoms with E-state index in [1.54, 1.807) is 0 Å². The smallest absolute Gasteiger partial charge is 0.137 e. The number of furan rings is 2. The number of nitrogens with one attached hydrogen (secondary N) is 2. The topological polar surface area (TPSA) is 68.8 Å². The molecule has 1 aliphatic rings. The van der Waals surface area contributed by atoms with E-state index in [-0.39, 0.29) is 28.6 Å². The van der Waals surface area contributed by atoms with Crippen molar-refractivity contribution < 1.29 is 18.3 Å². The first kappa shape index (κ1) is 30.5. The summed E-state index contributed by atoms with van der Waals surface area (Å²) < 4.78 is 24.9. The van der Waals surface area contributed by atoms with E-state index < -0.39 is 0 Å². The van der Waals surface area contributed by atoms with Gasteiger partial charge < -0.3 is 28.9 Å². The Bertz CT molecular complexity index is 1500. The van der Waals surface area contributed by atoms with E-state index in [0.29, 0.717) is 6.04 Å².